The van der Waals surface area contributed by atoms with Gasteiger partial charge in [-0.15, -0.1) is 12.4 Å². The zero-order valence-corrected chi connectivity index (χ0v) is 15.3. The second kappa shape index (κ2) is 11.2. The van der Waals surface area contributed by atoms with Crippen LogP contribution in [0.4, 0.5) is 0 Å². The lowest BCUT2D eigenvalue weighted by Crippen LogP contribution is -2.37. The van der Waals surface area contributed by atoms with Gasteiger partial charge >= 0.3 is 5.97 Å². The number of nitrogens with zero attached hydrogens (tertiary/aromatic N) is 1. The fourth-order valence-electron chi connectivity index (χ4n) is 2.86. The van der Waals surface area contributed by atoms with Gasteiger partial charge in [-0.3, -0.25) is 4.79 Å². The molecule has 1 aliphatic heterocycles. The van der Waals surface area contributed by atoms with Crippen molar-refractivity contribution in [2.45, 2.75) is 26.2 Å². The van der Waals surface area contributed by atoms with Gasteiger partial charge in [0.1, 0.15) is 0 Å². The second-order valence-corrected chi connectivity index (χ2v) is 5.72. The van der Waals surface area contributed by atoms with Gasteiger partial charge in [0.05, 0.1) is 26.2 Å². The minimum absolute atomic E-state index is 0. The predicted molar refractivity (Wildman–Crippen MR) is 96.2 cm³/mol. The third-order valence-corrected chi connectivity index (χ3v) is 4.15. The summed E-state index contributed by atoms with van der Waals surface area (Å²) in [5.74, 6) is 1.60. The van der Waals surface area contributed by atoms with Crippen LogP contribution in [0.2, 0.25) is 0 Å². The predicted octanol–water partition coefficient (Wildman–Crippen LogP) is 3.16. The van der Waals surface area contributed by atoms with E-state index in [4.69, 9.17) is 14.2 Å². The number of halogens is 1. The Morgan fingerprint density at radius 2 is 1.88 bits per heavy atom. The highest BCUT2D eigenvalue weighted by Crippen LogP contribution is 2.26. The van der Waals surface area contributed by atoms with Crippen LogP contribution in [0.1, 0.15) is 26.2 Å². The molecule has 1 aromatic rings. The number of likely N-dealkylation sites (tertiary alicyclic amines) is 1. The largest absolute Gasteiger partial charge is 0.493 e. The zero-order valence-electron chi connectivity index (χ0n) is 14.5. The second-order valence-electron chi connectivity index (χ2n) is 5.72. The fourth-order valence-corrected chi connectivity index (χ4v) is 2.86. The average molecular weight is 358 g/mol. The van der Waals surface area contributed by atoms with Crippen LogP contribution in [0.5, 0.6) is 11.5 Å². The van der Waals surface area contributed by atoms with Gasteiger partial charge in [-0.05, 0) is 51.4 Å². The molecule has 1 saturated heterocycles. The number of carbonyl (C=O) groups is 1. The lowest BCUT2D eigenvalue weighted by molar-refractivity contribution is -0.149. The topological polar surface area (TPSA) is 48.0 Å². The Morgan fingerprint density at radius 3 is 2.50 bits per heavy atom. The highest BCUT2D eigenvalue weighted by molar-refractivity contribution is 5.85. The third-order valence-electron chi connectivity index (χ3n) is 4.15. The first-order chi connectivity index (χ1) is 11.2. The number of esters is 1. The number of carbonyl (C=O) groups excluding carboxylic acids is 1. The smallest absolute Gasteiger partial charge is 0.309 e. The number of ether oxygens (including phenoxy) is 3. The van der Waals surface area contributed by atoms with Gasteiger partial charge in [-0.2, -0.15) is 0 Å². The maximum Gasteiger partial charge on any atom is 0.309 e. The molecule has 0 spiro atoms. The van der Waals surface area contributed by atoms with E-state index < -0.39 is 0 Å². The molecule has 0 atom stereocenters. The molecule has 136 valence electrons. The van der Waals surface area contributed by atoms with E-state index in [9.17, 15) is 4.79 Å². The molecular formula is C18H28ClNO4. The molecule has 1 fully saturated rings. The maximum atomic E-state index is 11.7. The van der Waals surface area contributed by atoms with Gasteiger partial charge in [0.25, 0.3) is 0 Å². The molecular weight excluding hydrogens is 330 g/mol. The maximum absolute atomic E-state index is 11.7. The summed E-state index contributed by atoms with van der Waals surface area (Å²) in [6.07, 6.45) is 2.75. The molecule has 1 heterocycles. The van der Waals surface area contributed by atoms with E-state index in [0.29, 0.717) is 13.2 Å². The molecule has 6 heteroatoms. The van der Waals surface area contributed by atoms with Gasteiger partial charge in [0.2, 0.25) is 0 Å². The first-order valence-corrected chi connectivity index (χ1v) is 8.39. The van der Waals surface area contributed by atoms with Crippen molar-refractivity contribution >= 4 is 18.4 Å². The number of rotatable bonds is 8. The van der Waals surface area contributed by atoms with Crippen LogP contribution < -0.4 is 9.47 Å². The first kappa shape index (κ1) is 20.6. The fraction of sp³-hybridized carbons (Fsp3) is 0.611. The summed E-state index contributed by atoms with van der Waals surface area (Å²) in [4.78, 5) is 14.1. The summed E-state index contributed by atoms with van der Waals surface area (Å²) in [5.41, 5.74) is 0. The Morgan fingerprint density at radius 1 is 1.21 bits per heavy atom. The van der Waals surface area contributed by atoms with Crippen LogP contribution in [0.3, 0.4) is 0 Å². The molecule has 0 amide bonds. The Balaban J connectivity index is 0.00000288. The summed E-state index contributed by atoms with van der Waals surface area (Å²) < 4.78 is 16.1. The van der Waals surface area contributed by atoms with E-state index in [2.05, 4.69) is 4.90 Å². The number of para-hydroxylation sites is 2. The standard InChI is InChI=1S/C18H27NO4.ClH/c1-3-22-18(20)15-9-12-19(13-10-15)11-6-14-23-17-8-5-4-7-16(17)21-2;/h4-5,7-8,15H,3,6,9-14H2,1-2H3;1H. The monoisotopic (exact) mass is 357 g/mol. The normalized spacial score (nSPS) is 15.4. The Hall–Kier alpha value is -1.46. The molecule has 0 aliphatic carbocycles. The lowest BCUT2D eigenvalue weighted by atomic mass is 9.97. The molecule has 1 aliphatic rings. The van der Waals surface area contributed by atoms with E-state index in [1.165, 1.54) is 0 Å². The van der Waals surface area contributed by atoms with E-state index >= 15 is 0 Å². The lowest BCUT2D eigenvalue weighted by Gasteiger charge is -2.30. The third kappa shape index (κ3) is 6.21. The van der Waals surface area contributed by atoms with Crippen LogP contribution in [0, 0.1) is 5.92 Å². The van der Waals surface area contributed by atoms with E-state index in [-0.39, 0.29) is 24.3 Å². The average Bonchev–Trinajstić information content (AvgIpc) is 2.60. The Labute approximate surface area is 150 Å². The van der Waals surface area contributed by atoms with Crippen molar-refractivity contribution in [1.29, 1.82) is 0 Å². The molecule has 0 unspecified atom stereocenters. The van der Waals surface area contributed by atoms with Crippen molar-refractivity contribution in [2.75, 3.05) is 40.0 Å². The van der Waals surface area contributed by atoms with Crippen molar-refractivity contribution in [2.24, 2.45) is 5.92 Å². The summed E-state index contributed by atoms with van der Waals surface area (Å²) >= 11 is 0. The summed E-state index contributed by atoms with van der Waals surface area (Å²) in [5, 5.41) is 0. The van der Waals surface area contributed by atoms with Gasteiger partial charge in [0.15, 0.2) is 11.5 Å². The van der Waals surface area contributed by atoms with Crippen molar-refractivity contribution in [1.82, 2.24) is 4.90 Å². The molecule has 0 bridgehead atoms. The quantitative estimate of drug-likeness (QED) is 0.528. The summed E-state index contributed by atoms with van der Waals surface area (Å²) in [6, 6.07) is 7.69. The highest BCUT2D eigenvalue weighted by Gasteiger charge is 2.25. The van der Waals surface area contributed by atoms with Crippen molar-refractivity contribution < 1.29 is 19.0 Å². The molecule has 2 rings (SSSR count). The highest BCUT2D eigenvalue weighted by atomic mass is 35.5. The van der Waals surface area contributed by atoms with Crippen LogP contribution in [-0.4, -0.2) is 50.8 Å². The number of hydrogen-bond acceptors (Lipinski definition) is 5. The molecule has 0 aromatic heterocycles. The van der Waals surface area contributed by atoms with Gasteiger partial charge < -0.3 is 19.1 Å². The number of benzene rings is 1. The SMILES string of the molecule is CCOC(=O)C1CCN(CCCOc2ccccc2OC)CC1.Cl. The minimum atomic E-state index is -0.0355. The van der Waals surface area contributed by atoms with Crippen LogP contribution >= 0.6 is 12.4 Å². The Kier molecular flexibility index (Phi) is 9.57. The molecule has 24 heavy (non-hydrogen) atoms. The Bertz CT molecular complexity index is 490. The molecule has 1 aromatic carbocycles. The molecule has 5 nitrogen and oxygen atoms in total. The molecule has 0 N–H and O–H groups in total. The van der Waals surface area contributed by atoms with Gasteiger partial charge in [0, 0.05) is 6.54 Å². The first-order valence-electron chi connectivity index (χ1n) is 8.39. The minimum Gasteiger partial charge on any atom is -0.493 e. The van der Waals surface area contributed by atoms with Crippen molar-refractivity contribution in [3.63, 3.8) is 0 Å². The van der Waals surface area contributed by atoms with Crippen LogP contribution in [-0.2, 0) is 9.53 Å². The summed E-state index contributed by atoms with van der Waals surface area (Å²) in [6.45, 7) is 5.90. The zero-order chi connectivity index (χ0) is 16.5. The number of hydrogen-bond donors (Lipinski definition) is 0. The van der Waals surface area contributed by atoms with Crippen LogP contribution in [0.25, 0.3) is 0 Å². The molecule has 0 radical (unpaired) electrons. The number of piperidine rings is 1. The van der Waals surface area contributed by atoms with E-state index in [1.807, 2.05) is 31.2 Å². The van der Waals surface area contributed by atoms with Gasteiger partial charge in [-0.1, -0.05) is 12.1 Å². The van der Waals surface area contributed by atoms with Gasteiger partial charge in [-0.25, -0.2) is 0 Å². The number of methoxy groups -OCH3 is 1. The summed E-state index contributed by atoms with van der Waals surface area (Å²) in [7, 11) is 1.65. The van der Waals surface area contributed by atoms with E-state index in [1.54, 1.807) is 7.11 Å². The van der Waals surface area contributed by atoms with Crippen molar-refractivity contribution in [3.05, 3.63) is 24.3 Å². The van der Waals surface area contributed by atoms with Crippen molar-refractivity contribution in [3.8, 4) is 11.5 Å². The van der Waals surface area contributed by atoms with E-state index in [0.717, 1.165) is 50.4 Å². The molecule has 0 saturated carbocycles. The van der Waals surface area contributed by atoms with Crippen LogP contribution in [0.15, 0.2) is 24.3 Å².